The van der Waals surface area contributed by atoms with Crippen LogP contribution in [-0.2, 0) is 9.59 Å². The van der Waals surface area contributed by atoms with Crippen molar-refractivity contribution >= 4 is 35.1 Å². The Hall–Kier alpha value is -1.77. The molecule has 2 heterocycles. The third kappa shape index (κ3) is 4.62. The summed E-state index contributed by atoms with van der Waals surface area (Å²) >= 11 is -0.408. The van der Waals surface area contributed by atoms with E-state index < -0.39 is 28.9 Å². The maximum atomic E-state index is 11.9. The Bertz CT molecular complexity index is 534. The van der Waals surface area contributed by atoms with Gasteiger partial charge in [-0.25, -0.2) is 4.98 Å². The highest BCUT2D eigenvalue weighted by Gasteiger charge is 2.29. The van der Waals surface area contributed by atoms with Crippen LogP contribution in [0.5, 0.6) is 0 Å². The summed E-state index contributed by atoms with van der Waals surface area (Å²) in [5.41, 5.74) is -3.83. The third-order valence-corrected chi connectivity index (χ3v) is 3.50. The smallest absolute Gasteiger partial charge is 0.311 e. The number of alkyl halides is 3. The summed E-state index contributed by atoms with van der Waals surface area (Å²) in [5.74, 6) is -1.35. The second kappa shape index (κ2) is 6.33. The predicted octanol–water partition coefficient (Wildman–Crippen LogP) is 2.40. The minimum Gasteiger partial charge on any atom is -0.311 e. The number of pyridine rings is 1. The van der Waals surface area contributed by atoms with E-state index in [1.807, 2.05) is 0 Å². The summed E-state index contributed by atoms with van der Waals surface area (Å²) in [6.45, 7) is 0.619. The minimum atomic E-state index is -4.44. The molecule has 0 atom stereocenters. The zero-order valence-corrected chi connectivity index (χ0v) is 11.6. The zero-order chi connectivity index (χ0) is 15.5. The van der Waals surface area contributed by atoms with Crippen LogP contribution in [0.4, 0.5) is 24.7 Å². The zero-order valence-electron chi connectivity index (χ0n) is 10.8. The van der Waals surface area contributed by atoms with Gasteiger partial charge in [0, 0.05) is 13.0 Å². The molecule has 0 aliphatic carbocycles. The molecule has 1 fully saturated rings. The average Bonchev–Trinajstić information content (AvgIpc) is 2.83. The number of halogens is 3. The van der Waals surface area contributed by atoms with Gasteiger partial charge in [-0.05, 0) is 30.3 Å². The molecule has 5 nitrogen and oxygen atoms in total. The number of nitrogens with one attached hydrogen (secondary N) is 1. The van der Waals surface area contributed by atoms with E-state index in [4.69, 9.17) is 0 Å². The maximum Gasteiger partial charge on any atom is 0.442 e. The molecule has 114 valence electrons. The van der Waals surface area contributed by atoms with Crippen LogP contribution >= 0.6 is 11.8 Å². The number of carbonyl (C=O) groups is 2. The maximum absolute atomic E-state index is 11.9. The van der Waals surface area contributed by atoms with E-state index in [2.05, 4.69) is 10.3 Å². The van der Waals surface area contributed by atoms with Crippen molar-refractivity contribution in [2.75, 3.05) is 22.5 Å². The number of amides is 2. The number of aromatic nitrogens is 1. The molecule has 1 aromatic rings. The fraction of sp³-hybridized carbons (Fsp3) is 0.417. The summed E-state index contributed by atoms with van der Waals surface area (Å²) in [4.78, 5) is 28.4. The van der Waals surface area contributed by atoms with Gasteiger partial charge < -0.3 is 10.2 Å². The molecule has 21 heavy (non-hydrogen) atoms. The lowest BCUT2D eigenvalue weighted by atomic mass is 10.3. The van der Waals surface area contributed by atoms with Crippen molar-refractivity contribution in [3.8, 4) is 0 Å². The van der Waals surface area contributed by atoms with Gasteiger partial charge >= 0.3 is 5.51 Å². The van der Waals surface area contributed by atoms with Gasteiger partial charge in [0.2, 0.25) is 11.8 Å². The number of thioether (sulfide) groups is 1. The molecule has 2 amide bonds. The normalized spacial score (nSPS) is 15.4. The van der Waals surface area contributed by atoms with Gasteiger partial charge in [-0.2, -0.15) is 13.2 Å². The van der Waals surface area contributed by atoms with E-state index in [1.54, 1.807) is 11.0 Å². The number of anilines is 2. The Morgan fingerprint density at radius 3 is 2.71 bits per heavy atom. The summed E-state index contributed by atoms with van der Waals surface area (Å²) in [7, 11) is 0. The third-order valence-electron chi connectivity index (χ3n) is 2.77. The van der Waals surface area contributed by atoms with Crippen molar-refractivity contribution in [3.63, 3.8) is 0 Å². The fourth-order valence-electron chi connectivity index (χ4n) is 1.87. The van der Waals surface area contributed by atoms with Crippen LogP contribution in [0, 0.1) is 0 Å². The Morgan fingerprint density at radius 2 is 2.19 bits per heavy atom. The molecule has 1 aromatic heterocycles. The van der Waals surface area contributed by atoms with Gasteiger partial charge in [-0.1, -0.05) is 0 Å². The van der Waals surface area contributed by atoms with Crippen molar-refractivity contribution < 1.29 is 22.8 Å². The number of carbonyl (C=O) groups excluding carboxylic acids is 2. The lowest BCUT2D eigenvalue weighted by Crippen LogP contribution is -2.24. The van der Waals surface area contributed by atoms with Crippen LogP contribution < -0.4 is 10.2 Å². The van der Waals surface area contributed by atoms with Gasteiger partial charge in [0.1, 0.15) is 5.82 Å². The standard InChI is InChI=1S/C12H12F3N3O2S/c13-12(14,15)21-7-10(19)17-9-4-3-8(6-16-9)18-5-1-2-11(18)20/h3-4,6H,1-2,5,7H2,(H,16,17,19). The van der Waals surface area contributed by atoms with Crippen molar-refractivity contribution in [2.24, 2.45) is 0 Å². The number of nitrogens with zero attached hydrogens (tertiary/aromatic N) is 2. The lowest BCUT2D eigenvalue weighted by Gasteiger charge is -2.15. The highest BCUT2D eigenvalue weighted by molar-refractivity contribution is 8.00. The van der Waals surface area contributed by atoms with Crippen LogP contribution in [-0.4, -0.2) is 34.6 Å². The molecule has 1 aliphatic heterocycles. The van der Waals surface area contributed by atoms with E-state index in [9.17, 15) is 22.8 Å². The first-order valence-corrected chi connectivity index (χ1v) is 7.11. The summed E-state index contributed by atoms with van der Waals surface area (Å²) < 4.78 is 35.8. The molecule has 1 saturated heterocycles. The first kappa shape index (κ1) is 15.6. The van der Waals surface area contributed by atoms with Crippen molar-refractivity contribution in [2.45, 2.75) is 18.3 Å². The molecule has 1 aliphatic rings. The van der Waals surface area contributed by atoms with Crippen LogP contribution in [0.2, 0.25) is 0 Å². The van der Waals surface area contributed by atoms with E-state index in [1.165, 1.54) is 12.3 Å². The molecule has 0 saturated carbocycles. The minimum absolute atomic E-state index is 0.00941. The van der Waals surface area contributed by atoms with Crippen LogP contribution in [0.1, 0.15) is 12.8 Å². The first-order chi connectivity index (χ1) is 9.85. The average molecular weight is 319 g/mol. The molecule has 2 rings (SSSR count). The van der Waals surface area contributed by atoms with E-state index in [0.717, 1.165) is 6.42 Å². The first-order valence-electron chi connectivity index (χ1n) is 6.12. The topological polar surface area (TPSA) is 62.3 Å². The summed E-state index contributed by atoms with van der Waals surface area (Å²) in [6, 6.07) is 3.06. The highest BCUT2D eigenvalue weighted by atomic mass is 32.2. The second-order valence-electron chi connectivity index (χ2n) is 4.33. The van der Waals surface area contributed by atoms with Gasteiger partial charge in [0.25, 0.3) is 0 Å². The Kier molecular flexibility index (Phi) is 4.71. The molecule has 9 heteroatoms. The van der Waals surface area contributed by atoms with E-state index in [0.29, 0.717) is 18.7 Å². The second-order valence-corrected chi connectivity index (χ2v) is 5.37. The predicted molar refractivity (Wildman–Crippen MR) is 73.0 cm³/mol. The lowest BCUT2D eigenvalue weighted by molar-refractivity contribution is -0.117. The molecule has 0 unspecified atom stereocenters. The molecule has 0 aromatic carbocycles. The quantitative estimate of drug-likeness (QED) is 0.926. The Balaban J connectivity index is 1.90. The van der Waals surface area contributed by atoms with E-state index >= 15 is 0 Å². The van der Waals surface area contributed by atoms with Crippen molar-refractivity contribution in [1.82, 2.24) is 4.98 Å². The summed E-state index contributed by atoms with van der Waals surface area (Å²) in [5, 5.41) is 2.27. The number of rotatable bonds is 4. The fourth-order valence-corrected chi connectivity index (χ4v) is 2.23. The molecular formula is C12H12F3N3O2S. The van der Waals surface area contributed by atoms with Crippen LogP contribution in [0.25, 0.3) is 0 Å². The van der Waals surface area contributed by atoms with Crippen molar-refractivity contribution in [1.29, 1.82) is 0 Å². The molecule has 0 radical (unpaired) electrons. The molecule has 0 spiro atoms. The largest absolute Gasteiger partial charge is 0.442 e. The van der Waals surface area contributed by atoms with Gasteiger partial charge in [-0.3, -0.25) is 9.59 Å². The number of hydrogen-bond acceptors (Lipinski definition) is 4. The Morgan fingerprint density at radius 1 is 1.43 bits per heavy atom. The van der Waals surface area contributed by atoms with Gasteiger partial charge in [0.05, 0.1) is 17.6 Å². The molecule has 0 bridgehead atoms. The van der Waals surface area contributed by atoms with Crippen LogP contribution in [0.15, 0.2) is 18.3 Å². The number of hydrogen-bond donors (Lipinski definition) is 1. The van der Waals surface area contributed by atoms with Gasteiger partial charge in [-0.15, -0.1) is 0 Å². The molecular weight excluding hydrogens is 307 g/mol. The summed E-state index contributed by atoms with van der Waals surface area (Å²) in [6.07, 6.45) is 2.69. The van der Waals surface area contributed by atoms with Gasteiger partial charge in [0.15, 0.2) is 0 Å². The molecule has 1 N–H and O–H groups in total. The van der Waals surface area contributed by atoms with Crippen molar-refractivity contribution in [3.05, 3.63) is 18.3 Å². The SMILES string of the molecule is O=C(CSC(F)(F)F)Nc1ccc(N2CCCC2=O)cn1. The van der Waals surface area contributed by atoms with E-state index in [-0.39, 0.29) is 11.7 Å². The Labute approximate surface area is 122 Å². The van der Waals surface area contributed by atoms with Crippen LogP contribution in [0.3, 0.4) is 0 Å². The monoisotopic (exact) mass is 319 g/mol. The highest BCUT2D eigenvalue weighted by Crippen LogP contribution is 2.30.